The Morgan fingerprint density at radius 2 is 2.07 bits per heavy atom. The van der Waals surface area contributed by atoms with Crippen molar-refractivity contribution in [2.75, 3.05) is 7.11 Å². The Labute approximate surface area is 155 Å². The fourth-order valence-electron chi connectivity index (χ4n) is 2.12. The quantitative estimate of drug-likeness (QED) is 0.627. The van der Waals surface area contributed by atoms with Gasteiger partial charge in [-0.15, -0.1) is 0 Å². The van der Waals surface area contributed by atoms with Gasteiger partial charge in [0.2, 0.25) is 5.76 Å². The van der Waals surface area contributed by atoms with Crippen molar-refractivity contribution >= 4 is 40.6 Å². The maximum absolute atomic E-state index is 12.8. The minimum Gasteiger partial charge on any atom is -0.463 e. The molecule has 1 N–H and O–H groups in total. The highest BCUT2D eigenvalue weighted by atomic mass is 32.2. The van der Waals surface area contributed by atoms with E-state index in [-0.39, 0.29) is 27.3 Å². The second kappa shape index (κ2) is 7.31. The molecule has 2 aromatic rings. The Balaban J connectivity index is 1.80. The van der Waals surface area contributed by atoms with Crippen LogP contribution in [0, 0.1) is 0 Å². The highest BCUT2D eigenvalue weighted by Gasteiger charge is 2.30. The number of furan rings is 1. The molecule has 1 amide bonds. The molecule has 1 fully saturated rings. The number of rotatable bonds is 3. The lowest BCUT2D eigenvalue weighted by Crippen LogP contribution is -2.19. The number of halogens is 3. The molecule has 0 atom stereocenters. The average molecular weight is 396 g/mol. The van der Waals surface area contributed by atoms with Gasteiger partial charge in [-0.3, -0.25) is 4.79 Å². The Morgan fingerprint density at radius 1 is 1.30 bits per heavy atom. The predicted molar refractivity (Wildman–Crippen MR) is 92.3 cm³/mol. The summed E-state index contributed by atoms with van der Waals surface area (Å²) in [6.45, 7) is 0. The van der Waals surface area contributed by atoms with Crippen molar-refractivity contribution < 1.29 is 31.9 Å². The number of thioether (sulfide) groups is 1. The van der Waals surface area contributed by atoms with E-state index >= 15 is 0 Å². The molecule has 1 aromatic carbocycles. The van der Waals surface area contributed by atoms with Gasteiger partial charge in [0.05, 0.1) is 23.3 Å². The number of aliphatic imine (C=N–C) groups is 1. The van der Waals surface area contributed by atoms with Crippen LogP contribution >= 0.6 is 11.8 Å². The van der Waals surface area contributed by atoms with Crippen molar-refractivity contribution in [3.8, 4) is 0 Å². The van der Waals surface area contributed by atoms with Gasteiger partial charge in [0.15, 0.2) is 5.17 Å². The molecule has 0 unspecified atom stereocenters. The molecule has 140 valence electrons. The summed E-state index contributed by atoms with van der Waals surface area (Å²) in [5, 5.41) is 2.59. The first kappa shape index (κ1) is 18.8. The van der Waals surface area contributed by atoms with E-state index in [0.717, 1.165) is 23.9 Å². The predicted octanol–water partition coefficient (Wildman–Crippen LogP) is 3.98. The summed E-state index contributed by atoms with van der Waals surface area (Å²) in [7, 11) is 1.21. The minimum atomic E-state index is -4.48. The molecule has 1 aliphatic heterocycles. The number of benzene rings is 1. The molecular formula is C17H11F3N2O4S. The molecule has 27 heavy (non-hydrogen) atoms. The van der Waals surface area contributed by atoms with Gasteiger partial charge in [-0.1, -0.05) is 6.07 Å². The summed E-state index contributed by atoms with van der Waals surface area (Å²) in [5.74, 6) is -0.921. The first-order valence-corrected chi connectivity index (χ1v) is 8.23. The molecule has 1 aromatic heterocycles. The van der Waals surface area contributed by atoms with Gasteiger partial charge < -0.3 is 14.5 Å². The van der Waals surface area contributed by atoms with E-state index in [1.165, 1.54) is 37.5 Å². The zero-order valence-electron chi connectivity index (χ0n) is 13.7. The fourth-order valence-corrected chi connectivity index (χ4v) is 2.94. The zero-order valence-corrected chi connectivity index (χ0v) is 14.5. The smallest absolute Gasteiger partial charge is 0.416 e. The normalized spacial score (nSPS) is 17.4. The lowest BCUT2D eigenvalue weighted by atomic mass is 10.2. The molecule has 0 bridgehead atoms. The van der Waals surface area contributed by atoms with Crippen molar-refractivity contribution in [1.29, 1.82) is 0 Å². The van der Waals surface area contributed by atoms with Gasteiger partial charge in [0, 0.05) is 6.08 Å². The zero-order chi connectivity index (χ0) is 19.6. The summed E-state index contributed by atoms with van der Waals surface area (Å²) < 4.78 is 48.0. The Morgan fingerprint density at radius 3 is 2.78 bits per heavy atom. The highest BCUT2D eigenvalue weighted by molar-refractivity contribution is 8.18. The van der Waals surface area contributed by atoms with Crippen LogP contribution < -0.4 is 5.32 Å². The lowest BCUT2D eigenvalue weighted by molar-refractivity contribution is -0.137. The maximum Gasteiger partial charge on any atom is 0.416 e. The van der Waals surface area contributed by atoms with Crippen LogP contribution in [-0.2, 0) is 15.7 Å². The minimum absolute atomic E-state index is 0.0226. The van der Waals surface area contributed by atoms with E-state index < -0.39 is 23.6 Å². The number of ether oxygens (including phenoxy) is 1. The summed E-state index contributed by atoms with van der Waals surface area (Å²) in [6, 6.07) is 7.33. The number of amides is 1. The maximum atomic E-state index is 12.8. The fraction of sp³-hybridized carbons (Fsp3) is 0.118. The van der Waals surface area contributed by atoms with Crippen LogP contribution in [-0.4, -0.2) is 24.2 Å². The van der Waals surface area contributed by atoms with Crippen LogP contribution in [0.2, 0.25) is 0 Å². The lowest BCUT2D eigenvalue weighted by Gasteiger charge is -2.06. The van der Waals surface area contributed by atoms with Crippen molar-refractivity contribution in [2.45, 2.75) is 6.18 Å². The van der Waals surface area contributed by atoms with E-state index in [0.29, 0.717) is 0 Å². The monoisotopic (exact) mass is 396 g/mol. The van der Waals surface area contributed by atoms with Gasteiger partial charge in [-0.05, 0) is 42.1 Å². The van der Waals surface area contributed by atoms with E-state index in [4.69, 9.17) is 4.42 Å². The number of carbonyl (C=O) groups is 2. The van der Waals surface area contributed by atoms with Crippen LogP contribution in [0.5, 0.6) is 0 Å². The summed E-state index contributed by atoms with van der Waals surface area (Å²) in [5.41, 5.74) is -0.778. The molecule has 0 spiro atoms. The Kier molecular flexibility index (Phi) is 5.08. The molecule has 1 saturated heterocycles. The van der Waals surface area contributed by atoms with Gasteiger partial charge in [0.1, 0.15) is 5.76 Å². The third-order valence-corrected chi connectivity index (χ3v) is 4.25. The van der Waals surface area contributed by atoms with Crippen LogP contribution in [0.3, 0.4) is 0 Å². The molecule has 10 heteroatoms. The average Bonchev–Trinajstić information content (AvgIpc) is 3.21. The first-order valence-electron chi connectivity index (χ1n) is 7.41. The number of nitrogens with one attached hydrogen (secondary N) is 1. The molecule has 3 rings (SSSR count). The van der Waals surface area contributed by atoms with Crippen molar-refractivity contribution in [3.05, 3.63) is 58.4 Å². The topological polar surface area (TPSA) is 80.9 Å². The number of nitrogens with zero attached hydrogens (tertiary/aromatic N) is 1. The first-order chi connectivity index (χ1) is 12.8. The highest BCUT2D eigenvalue weighted by Crippen LogP contribution is 2.33. The summed E-state index contributed by atoms with van der Waals surface area (Å²) in [4.78, 5) is 27.6. The van der Waals surface area contributed by atoms with Crippen molar-refractivity contribution in [3.63, 3.8) is 0 Å². The van der Waals surface area contributed by atoms with Gasteiger partial charge >= 0.3 is 12.1 Å². The number of hydrogen-bond acceptors (Lipinski definition) is 6. The number of amidine groups is 1. The Bertz CT molecular complexity index is 963. The Hall–Kier alpha value is -3.01. The van der Waals surface area contributed by atoms with Crippen LogP contribution in [0.15, 0.2) is 50.7 Å². The van der Waals surface area contributed by atoms with Crippen LogP contribution in [0.25, 0.3) is 6.08 Å². The third kappa shape index (κ3) is 4.40. The van der Waals surface area contributed by atoms with Gasteiger partial charge in [0.25, 0.3) is 5.91 Å². The van der Waals surface area contributed by atoms with Gasteiger partial charge in [-0.2, -0.15) is 13.2 Å². The van der Waals surface area contributed by atoms with Crippen molar-refractivity contribution in [1.82, 2.24) is 5.32 Å². The number of esters is 1. The molecule has 2 heterocycles. The number of alkyl halides is 3. The standard InChI is InChI=1S/C17H11F3N2O4S/c1-25-15(24)12-6-5-11(26-12)8-13-14(23)22-16(27-13)21-10-4-2-3-9(7-10)17(18,19)20/h2-8H,1H3,(H,21,22,23)/b13-8+. The molecule has 0 radical (unpaired) electrons. The summed E-state index contributed by atoms with van der Waals surface area (Å²) >= 11 is 0.938. The van der Waals surface area contributed by atoms with E-state index in [2.05, 4.69) is 15.0 Å². The van der Waals surface area contributed by atoms with Crippen LogP contribution in [0.1, 0.15) is 21.9 Å². The second-order valence-electron chi connectivity index (χ2n) is 5.22. The molecule has 6 nitrogen and oxygen atoms in total. The molecule has 0 aliphatic carbocycles. The molecule has 1 aliphatic rings. The van der Waals surface area contributed by atoms with E-state index in [9.17, 15) is 22.8 Å². The van der Waals surface area contributed by atoms with Crippen molar-refractivity contribution in [2.24, 2.45) is 4.99 Å². The third-order valence-electron chi connectivity index (χ3n) is 3.34. The molecule has 0 saturated carbocycles. The largest absolute Gasteiger partial charge is 0.463 e. The molecular weight excluding hydrogens is 385 g/mol. The number of carbonyl (C=O) groups excluding carboxylic acids is 2. The number of methoxy groups -OCH3 is 1. The van der Waals surface area contributed by atoms with E-state index in [1.807, 2.05) is 0 Å². The second-order valence-corrected chi connectivity index (χ2v) is 6.25. The SMILES string of the molecule is COC(=O)c1ccc(/C=C2/SC(=Nc3cccc(C(F)(F)F)c3)NC2=O)o1. The number of hydrogen-bond donors (Lipinski definition) is 1. The van der Waals surface area contributed by atoms with Gasteiger partial charge in [-0.25, -0.2) is 9.79 Å². The summed E-state index contributed by atoms with van der Waals surface area (Å²) in [6.07, 6.45) is -3.09. The van der Waals surface area contributed by atoms with E-state index in [1.54, 1.807) is 0 Å². The van der Waals surface area contributed by atoms with Crippen LogP contribution in [0.4, 0.5) is 18.9 Å².